The van der Waals surface area contributed by atoms with Crippen molar-refractivity contribution in [3.05, 3.63) is 0 Å². The molecule has 2 nitrogen and oxygen atoms in total. The maximum absolute atomic E-state index is 10.6. The van der Waals surface area contributed by atoms with Crippen molar-refractivity contribution in [3.63, 3.8) is 0 Å². The van der Waals surface area contributed by atoms with E-state index in [1.807, 2.05) is 0 Å². The van der Waals surface area contributed by atoms with E-state index >= 15 is 0 Å². The van der Waals surface area contributed by atoms with Gasteiger partial charge in [-0.1, -0.05) is 0 Å². The molecule has 0 saturated carbocycles. The van der Waals surface area contributed by atoms with E-state index < -0.39 is 11.7 Å². The third kappa shape index (κ3) is 2.60. The van der Waals surface area contributed by atoms with Crippen LogP contribution in [0.4, 0.5) is 0 Å². The Morgan fingerprint density at radius 2 is 1.71 bits per heavy atom. The molecule has 0 aromatic heterocycles. The smallest absolute Gasteiger partial charge is 0.123 e. The highest BCUT2D eigenvalue weighted by atomic mass is 16.3. The molecule has 0 rings (SSSR count). The van der Waals surface area contributed by atoms with Gasteiger partial charge in [0.1, 0.15) is 5.60 Å². The Morgan fingerprint density at radius 3 is 1.71 bits per heavy atom. The average molecular weight is 103 g/mol. The van der Waals surface area contributed by atoms with Gasteiger partial charge in [-0.3, -0.25) is 0 Å². The summed E-state index contributed by atoms with van der Waals surface area (Å²) in [5.41, 5.74) is -1.19. The highest BCUT2D eigenvalue weighted by Crippen LogP contribution is 2.06. The molecule has 0 saturated heterocycles. The van der Waals surface area contributed by atoms with Gasteiger partial charge in [-0.15, -0.1) is 0 Å². The van der Waals surface area contributed by atoms with Crippen molar-refractivity contribution < 1.29 is 10.2 Å². The Balaban J connectivity index is 3.54. The lowest BCUT2D eigenvalue weighted by molar-refractivity contribution is -0.0854. The SMILES string of the molecule is CC(O)C(C)(C)[O]. The van der Waals surface area contributed by atoms with Gasteiger partial charge in [-0.2, -0.15) is 0 Å². The van der Waals surface area contributed by atoms with Gasteiger partial charge in [-0.25, -0.2) is 5.11 Å². The second-order valence-electron chi connectivity index (χ2n) is 2.28. The van der Waals surface area contributed by atoms with E-state index in [0.717, 1.165) is 0 Å². The van der Waals surface area contributed by atoms with Crippen LogP contribution in [0.5, 0.6) is 0 Å². The molecule has 0 aliphatic heterocycles. The summed E-state index contributed by atoms with van der Waals surface area (Å²) in [5, 5.41) is 19.1. The molecule has 1 unspecified atom stereocenters. The van der Waals surface area contributed by atoms with Gasteiger partial charge in [0.15, 0.2) is 0 Å². The molecule has 2 heteroatoms. The molecule has 0 heterocycles. The largest absolute Gasteiger partial charge is 0.390 e. The van der Waals surface area contributed by atoms with Crippen molar-refractivity contribution in [2.45, 2.75) is 32.5 Å². The molecule has 1 N–H and O–H groups in total. The molecule has 1 radical (unpaired) electrons. The molecule has 0 fully saturated rings. The summed E-state index contributed by atoms with van der Waals surface area (Å²) in [6.45, 7) is 4.41. The Bertz CT molecular complexity index is 51.6. The summed E-state index contributed by atoms with van der Waals surface area (Å²) in [5.74, 6) is 0. The van der Waals surface area contributed by atoms with Crippen molar-refractivity contribution in [1.29, 1.82) is 0 Å². The Morgan fingerprint density at radius 1 is 1.57 bits per heavy atom. The van der Waals surface area contributed by atoms with Gasteiger partial charge in [0.2, 0.25) is 0 Å². The lowest BCUT2D eigenvalue weighted by atomic mass is 10.0. The van der Waals surface area contributed by atoms with Crippen LogP contribution < -0.4 is 0 Å². The normalized spacial score (nSPS) is 16.7. The number of hydrogen-bond acceptors (Lipinski definition) is 1. The molecule has 43 valence electrons. The molecular formula is C5H11O2. The summed E-state index contributed by atoms with van der Waals surface area (Å²) in [4.78, 5) is 0. The Labute approximate surface area is 43.8 Å². The van der Waals surface area contributed by atoms with Crippen LogP contribution >= 0.6 is 0 Å². The molecular weight excluding hydrogens is 92.1 g/mol. The number of rotatable bonds is 1. The van der Waals surface area contributed by atoms with Gasteiger partial charge in [-0.05, 0) is 20.8 Å². The minimum absolute atomic E-state index is 0.757. The Hall–Kier alpha value is -0.0800. The lowest BCUT2D eigenvalue weighted by Crippen LogP contribution is -2.31. The van der Waals surface area contributed by atoms with Gasteiger partial charge in [0.05, 0.1) is 6.10 Å². The summed E-state index contributed by atoms with van der Waals surface area (Å²) in [7, 11) is 0. The minimum Gasteiger partial charge on any atom is -0.390 e. The summed E-state index contributed by atoms with van der Waals surface area (Å²) in [6, 6.07) is 0. The Kier molecular flexibility index (Phi) is 1.78. The van der Waals surface area contributed by atoms with E-state index in [-0.39, 0.29) is 0 Å². The third-order valence-corrected chi connectivity index (χ3v) is 1.01. The fourth-order valence-electron chi connectivity index (χ4n) is 0. The van der Waals surface area contributed by atoms with Crippen LogP contribution in [0.15, 0.2) is 0 Å². The van der Waals surface area contributed by atoms with Gasteiger partial charge < -0.3 is 5.11 Å². The molecule has 7 heavy (non-hydrogen) atoms. The van der Waals surface area contributed by atoms with Crippen molar-refractivity contribution in [2.24, 2.45) is 0 Å². The first kappa shape index (κ1) is 6.92. The van der Waals surface area contributed by atoms with Crippen LogP contribution in [0.1, 0.15) is 20.8 Å². The van der Waals surface area contributed by atoms with Crippen LogP contribution in [0.3, 0.4) is 0 Å². The zero-order chi connectivity index (χ0) is 6.08. The molecule has 0 aliphatic rings. The van der Waals surface area contributed by atoms with Crippen molar-refractivity contribution in [3.8, 4) is 0 Å². The van der Waals surface area contributed by atoms with Gasteiger partial charge >= 0.3 is 0 Å². The monoisotopic (exact) mass is 103 g/mol. The first-order valence-corrected chi connectivity index (χ1v) is 2.33. The summed E-state index contributed by atoms with van der Waals surface area (Å²) < 4.78 is 0. The van der Waals surface area contributed by atoms with Gasteiger partial charge in [0.25, 0.3) is 0 Å². The molecule has 0 bridgehead atoms. The molecule has 0 aromatic rings. The zero-order valence-electron chi connectivity index (χ0n) is 4.93. The maximum atomic E-state index is 10.6. The second-order valence-corrected chi connectivity index (χ2v) is 2.28. The molecule has 0 aliphatic carbocycles. The van der Waals surface area contributed by atoms with Crippen LogP contribution in [-0.2, 0) is 5.11 Å². The lowest BCUT2D eigenvalue weighted by Gasteiger charge is -2.16. The van der Waals surface area contributed by atoms with Crippen LogP contribution in [-0.4, -0.2) is 16.8 Å². The number of aliphatic hydroxyl groups is 1. The van der Waals surface area contributed by atoms with E-state index in [4.69, 9.17) is 5.11 Å². The van der Waals surface area contributed by atoms with E-state index in [2.05, 4.69) is 0 Å². The number of hydrogen-bond donors (Lipinski definition) is 1. The topological polar surface area (TPSA) is 40.1 Å². The number of aliphatic hydroxyl groups excluding tert-OH is 1. The fraction of sp³-hybridized carbons (Fsp3) is 1.00. The average Bonchev–Trinajstić information content (AvgIpc) is 1.31. The van der Waals surface area contributed by atoms with E-state index in [0.29, 0.717) is 0 Å². The molecule has 0 aromatic carbocycles. The first-order valence-electron chi connectivity index (χ1n) is 2.33. The quantitative estimate of drug-likeness (QED) is 0.518. The summed E-state index contributed by atoms with van der Waals surface area (Å²) >= 11 is 0. The van der Waals surface area contributed by atoms with Crippen molar-refractivity contribution in [2.75, 3.05) is 0 Å². The van der Waals surface area contributed by atoms with Gasteiger partial charge in [0, 0.05) is 0 Å². The van der Waals surface area contributed by atoms with E-state index in [9.17, 15) is 5.11 Å². The predicted molar refractivity (Wildman–Crippen MR) is 26.4 cm³/mol. The van der Waals surface area contributed by atoms with E-state index in [1.54, 1.807) is 0 Å². The highest BCUT2D eigenvalue weighted by molar-refractivity contribution is 4.70. The molecule has 1 atom stereocenters. The highest BCUT2D eigenvalue weighted by Gasteiger charge is 2.21. The van der Waals surface area contributed by atoms with Crippen molar-refractivity contribution >= 4 is 0 Å². The predicted octanol–water partition coefficient (Wildman–Crippen LogP) is 0.576. The first-order chi connectivity index (χ1) is 2.94. The maximum Gasteiger partial charge on any atom is 0.123 e. The fourth-order valence-corrected chi connectivity index (χ4v) is 0. The molecule has 0 spiro atoms. The van der Waals surface area contributed by atoms with Crippen LogP contribution in [0.25, 0.3) is 0 Å². The van der Waals surface area contributed by atoms with Crippen molar-refractivity contribution in [1.82, 2.24) is 0 Å². The third-order valence-electron chi connectivity index (χ3n) is 1.01. The minimum atomic E-state index is -1.19. The molecule has 0 amide bonds. The summed E-state index contributed by atoms with van der Waals surface area (Å²) in [6.07, 6.45) is -0.757. The zero-order valence-corrected chi connectivity index (χ0v) is 4.93. The van der Waals surface area contributed by atoms with E-state index in [1.165, 1.54) is 20.8 Å². The second kappa shape index (κ2) is 1.80. The van der Waals surface area contributed by atoms with Crippen LogP contribution in [0, 0.1) is 0 Å². The van der Waals surface area contributed by atoms with Crippen LogP contribution in [0.2, 0.25) is 0 Å². The standard InChI is InChI=1S/C5H11O2/c1-4(6)5(2,3)7/h4,6H,1-3H3.